The summed E-state index contributed by atoms with van der Waals surface area (Å²) >= 11 is 7.58. The molecule has 0 unspecified atom stereocenters. The SMILES string of the molecule is NCc1c(C(F)F)ncc(Cl)c1I. The molecular formula is C7H6ClF2IN2. The summed E-state index contributed by atoms with van der Waals surface area (Å²) in [5, 5.41) is 0.352. The molecule has 1 aromatic heterocycles. The maximum Gasteiger partial charge on any atom is 0.280 e. The molecule has 1 rings (SSSR count). The molecule has 0 atom stereocenters. The first kappa shape index (κ1) is 11.1. The lowest BCUT2D eigenvalue weighted by molar-refractivity contribution is 0.144. The van der Waals surface area contributed by atoms with Gasteiger partial charge in [0.2, 0.25) is 0 Å². The monoisotopic (exact) mass is 318 g/mol. The Morgan fingerprint density at radius 1 is 1.62 bits per heavy atom. The number of rotatable bonds is 2. The van der Waals surface area contributed by atoms with Gasteiger partial charge in [-0.05, 0) is 22.6 Å². The van der Waals surface area contributed by atoms with Gasteiger partial charge >= 0.3 is 0 Å². The average Bonchev–Trinajstić information content (AvgIpc) is 2.09. The Bertz CT molecular complexity index is 320. The van der Waals surface area contributed by atoms with Crippen molar-refractivity contribution >= 4 is 34.2 Å². The zero-order valence-electron chi connectivity index (χ0n) is 6.40. The van der Waals surface area contributed by atoms with Gasteiger partial charge in [0.25, 0.3) is 6.43 Å². The van der Waals surface area contributed by atoms with Gasteiger partial charge in [0.15, 0.2) is 0 Å². The third kappa shape index (κ3) is 2.26. The zero-order valence-corrected chi connectivity index (χ0v) is 9.31. The van der Waals surface area contributed by atoms with E-state index in [-0.39, 0.29) is 12.2 Å². The van der Waals surface area contributed by atoms with E-state index in [2.05, 4.69) is 4.98 Å². The predicted molar refractivity (Wildman–Crippen MR) is 54.8 cm³/mol. The average molecular weight is 318 g/mol. The first-order valence-electron chi connectivity index (χ1n) is 3.39. The van der Waals surface area contributed by atoms with Crippen molar-refractivity contribution in [2.24, 2.45) is 5.73 Å². The molecule has 0 aliphatic carbocycles. The quantitative estimate of drug-likeness (QED) is 0.852. The van der Waals surface area contributed by atoms with E-state index >= 15 is 0 Å². The van der Waals surface area contributed by atoms with Gasteiger partial charge < -0.3 is 5.73 Å². The van der Waals surface area contributed by atoms with Gasteiger partial charge in [0.1, 0.15) is 5.69 Å². The third-order valence-corrected chi connectivity index (χ3v) is 3.35. The molecule has 0 fully saturated rings. The second kappa shape index (κ2) is 4.47. The molecule has 0 bridgehead atoms. The van der Waals surface area contributed by atoms with E-state index in [1.54, 1.807) is 0 Å². The van der Waals surface area contributed by atoms with Crippen LogP contribution in [0.25, 0.3) is 0 Å². The van der Waals surface area contributed by atoms with Crippen LogP contribution >= 0.6 is 34.2 Å². The van der Waals surface area contributed by atoms with Crippen molar-refractivity contribution < 1.29 is 8.78 Å². The summed E-state index contributed by atoms with van der Waals surface area (Å²) < 4.78 is 25.3. The van der Waals surface area contributed by atoms with Gasteiger partial charge in [-0.3, -0.25) is 4.98 Å². The normalized spacial score (nSPS) is 10.9. The molecule has 6 heteroatoms. The fraction of sp³-hybridized carbons (Fsp3) is 0.286. The molecule has 2 N–H and O–H groups in total. The number of halogens is 4. The second-order valence-electron chi connectivity index (χ2n) is 2.29. The minimum absolute atomic E-state index is 0.0194. The number of hydrogen-bond donors (Lipinski definition) is 1. The highest BCUT2D eigenvalue weighted by Crippen LogP contribution is 2.28. The molecule has 0 amide bonds. The fourth-order valence-corrected chi connectivity index (χ4v) is 1.70. The van der Waals surface area contributed by atoms with Crippen LogP contribution in [-0.2, 0) is 6.54 Å². The van der Waals surface area contributed by atoms with Crippen LogP contribution in [0.2, 0.25) is 5.02 Å². The van der Waals surface area contributed by atoms with Gasteiger partial charge in [-0.1, -0.05) is 11.6 Å². The van der Waals surface area contributed by atoms with E-state index in [1.807, 2.05) is 22.6 Å². The Morgan fingerprint density at radius 3 is 2.69 bits per heavy atom. The molecule has 0 radical (unpaired) electrons. The van der Waals surface area contributed by atoms with Gasteiger partial charge in [-0.2, -0.15) is 0 Å². The minimum atomic E-state index is -2.61. The predicted octanol–water partition coefficient (Wildman–Crippen LogP) is 2.74. The smallest absolute Gasteiger partial charge is 0.280 e. The first-order chi connectivity index (χ1) is 6.07. The van der Waals surface area contributed by atoms with Crippen molar-refractivity contribution in [1.82, 2.24) is 4.98 Å². The molecule has 2 nitrogen and oxygen atoms in total. The summed E-state index contributed by atoms with van der Waals surface area (Å²) in [6, 6.07) is 0. The van der Waals surface area contributed by atoms with E-state index in [0.29, 0.717) is 14.2 Å². The number of aromatic nitrogens is 1. The van der Waals surface area contributed by atoms with Gasteiger partial charge in [-0.15, -0.1) is 0 Å². The Kier molecular flexibility index (Phi) is 3.81. The number of nitrogens with two attached hydrogens (primary N) is 1. The van der Waals surface area contributed by atoms with Crippen LogP contribution in [0.1, 0.15) is 17.7 Å². The summed E-state index contributed by atoms with van der Waals surface area (Å²) in [6.45, 7) is 0.0194. The van der Waals surface area contributed by atoms with Crippen molar-refractivity contribution in [3.05, 3.63) is 26.0 Å². The standard InChI is InChI=1S/C7H6ClF2IN2/c8-4-2-13-6(7(9)10)3(1-12)5(4)11/h2,7H,1,12H2. The minimum Gasteiger partial charge on any atom is -0.326 e. The van der Waals surface area contributed by atoms with Gasteiger partial charge in [0.05, 0.1) is 5.02 Å². The van der Waals surface area contributed by atoms with E-state index in [1.165, 1.54) is 6.20 Å². The summed E-state index contributed by atoms with van der Waals surface area (Å²) in [5.74, 6) is 0. The maximum atomic E-state index is 12.4. The van der Waals surface area contributed by atoms with Crippen LogP contribution in [0.4, 0.5) is 8.78 Å². The molecule has 1 heterocycles. The first-order valence-corrected chi connectivity index (χ1v) is 4.84. The Morgan fingerprint density at radius 2 is 2.23 bits per heavy atom. The Balaban J connectivity index is 3.30. The van der Waals surface area contributed by atoms with Crippen LogP contribution in [-0.4, -0.2) is 4.98 Å². The van der Waals surface area contributed by atoms with Crippen LogP contribution in [0.15, 0.2) is 6.20 Å². The molecule has 0 saturated heterocycles. The summed E-state index contributed by atoms with van der Waals surface area (Å²) in [7, 11) is 0. The molecular weight excluding hydrogens is 312 g/mol. The largest absolute Gasteiger partial charge is 0.326 e. The van der Waals surface area contributed by atoms with Crippen LogP contribution in [0.5, 0.6) is 0 Å². The van der Waals surface area contributed by atoms with E-state index in [0.717, 1.165) is 0 Å². The highest BCUT2D eigenvalue weighted by atomic mass is 127. The molecule has 0 aliphatic heterocycles. The fourth-order valence-electron chi connectivity index (χ4n) is 0.900. The lowest BCUT2D eigenvalue weighted by atomic mass is 10.2. The van der Waals surface area contributed by atoms with Crippen molar-refractivity contribution in [1.29, 1.82) is 0 Å². The van der Waals surface area contributed by atoms with Crippen LogP contribution in [0, 0.1) is 3.57 Å². The van der Waals surface area contributed by atoms with Gasteiger partial charge in [0, 0.05) is 21.9 Å². The molecule has 72 valence electrons. The Labute approximate surface area is 92.6 Å². The van der Waals surface area contributed by atoms with Gasteiger partial charge in [-0.25, -0.2) is 8.78 Å². The molecule has 0 aliphatic rings. The highest BCUT2D eigenvalue weighted by molar-refractivity contribution is 14.1. The van der Waals surface area contributed by atoms with Crippen LogP contribution in [0.3, 0.4) is 0 Å². The third-order valence-electron chi connectivity index (χ3n) is 1.51. The number of alkyl halides is 2. The van der Waals surface area contributed by atoms with Crippen molar-refractivity contribution in [3.8, 4) is 0 Å². The summed E-state index contributed by atoms with van der Waals surface area (Å²) in [5.41, 5.74) is 5.36. The second-order valence-corrected chi connectivity index (χ2v) is 3.77. The molecule has 0 saturated carbocycles. The molecule has 1 aromatic rings. The highest BCUT2D eigenvalue weighted by Gasteiger charge is 2.17. The van der Waals surface area contributed by atoms with Crippen molar-refractivity contribution in [3.63, 3.8) is 0 Å². The lowest BCUT2D eigenvalue weighted by Gasteiger charge is -2.08. The van der Waals surface area contributed by atoms with Crippen LogP contribution < -0.4 is 5.73 Å². The lowest BCUT2D eigenvalue weighted by Crippen LogP contribution is -2.07. The molecule has 0 aromatic carbocycles. The van der Waals surface area contributed by atoms with Crippen molar-refractivity contribution in [2.45, 2.75) is 13.0 Å². The topological polar surface area (TPSA) is 38.9 Å². The molecule has 13 heavy (non-hydrogen) atoms. The summed E-state index contributed by atoms with van der Waals surface area (Å²) in [6.07, 6.45) is -1.39. The van der Waals surface area contributed by atoms with E-state index < -0.39 is 6.43 Å². The van der Waals surface area contributed by atoms with E-state index in [9.17, 15) is 8.78 Å². The van der Waals surface area contributed by atoms with E-state index in [4.69, 9.17) is 17.3 Å². The number of pyridine rings is 1. The number of nitrogens with zero attached hydrogens (tertiary/aromatic N) is 1. The number of hydrogen-bond acceptors (Lipinski definition) is 2. The summed E-state index contributed by atoms with van der Waals surface area (Å²) in [4.78, 5) is 3.54. The maximum absolute atomic E-state index is 12.4. The Hall–Kier alpha value is -0.0100. The zero-order chi connectivity index (χ0) is 10.0. The molecule has 0 spiro atoms. The van der Waals surface area contributed by atoms with Crippen molar-refractivity contribution in [2.75, 3.05) is 0 Å².